The number of hydrogen-bond donors (Lipinski definition) is 3. The van der Waals surface area contributed by atoms with Crippen molar-refractivity contribution in [2.24, 2.45) is 0 Å². The summed E-state index contributed by atoms with van der Waals surface area (Å²) in [6.07, 6.45) is 0. The molecule has 3 N–H and O–H groups in total. The first-order chi connectivity index (χ1) is 11.3. The quantitative estimate of drug-likeness (QED) is 0.455. The van der Waals surface area contributed by atoms with E-state index in [1.165, 1.54) is 36.7 Å². The van der Waals surface area contributed by atoms with Crippen molar-refractivity contribution in [3.8, 4) is 11.1 Å². The molecule has 2 aromatic rings. The van der Waals surface area contributed by atoms with Gasteiger partial charge >= 0.3 is 0 Å². The molecule has 0 aliphatic rings. The second-order valence-electron chi connectivity index (χ2n) is 4.99. The van der Waals surface area contributed by atoms with Gasteiger partial charge in [0.2, 0.25) is 5.91 Å². The van der Waals surface area contributed by atoms with Crippen molar-refractivity contribution < 1.29 is 28.0 Å². The van der Waals surface area contributed by atoms with Crippen LogP contribution in [0.4, 0.5) is 13.2 Å². The molecule has 2 rings (SSSR count). The Morgan fingerprint density at radius 3 is 2.00 bits per heavy atom. The van der Waals surface area contributed by atoms with Gasteiger partial charge in [-0.15, -0.1) is 0 Å². The van der Waals surface area contributed by atoms with Crippen molar-refractivity contribution in [3.05, 3.63) is 59.4 Å². The molecule has 24 heavy (non-hydrogen) atoms. The summed E-state index contributed by atoms with van der Waals surface area (Å²) in [4.78, 5) is 22.8. The molecular weight excluding hydrogens is 325 g/mol. The molecule has 2 amide bonds. The van der Waals surface area contributed by atoms with Gasteiger partial charge in [0, 0.05) is 6.92 Å². The molecule has 0 radical (unpaired) electrons. The van der Waals surface area contributed by atoms with Crippen LogP contribution in [0.15, 0.2) is 36.4 Å². The van der Waals surface area contributed by atoms with Crippen molar-refractivity contribution in [2.75, 3.05) is 0 Å². The van der Waals surface area contributed by atoms with E-state index >= 15 is 0 Å². The van der Waals surface area contributed by atoms with E-state index in [-0.39, 0.29) is 5.56 Å². The molecule has 8 heteroatoms. The Labute approximate surface area is 135 Å². The number of benzene rings is 2. The van der Waals surface area contributed by atoms with Crippen LogP contribution in [-0.2, 0) is 9.59 Å². The van der Waals surface area contributed by atoms with E-state index in [1.807, 2.05) is 0 Å². The first-order valence-electron chi connectivity index (χ1n) is 6.79. The summed E-state index contributed by atoms with van der Waals surface area (Å²) in [5, 5.41) is 11.1. The van der Waals surface area contributed by atoms with Gasteiger partial charge in [0.15, 0.2) is 17.5 Å². The minimum Gasteiger partial charge on any atom is -0.341 e. The molecule has 0 heterocycles. The maximum atomic E-state index is 13.3. The van der Waals surface area contributed by atoms with Crippen molar-refractivity contribution in [2.45, 2.75) is 13.0 Å². The van der Waals surface area contributed by atoms with Gasteiger partial charge in [-0.3, -0.25) is 14.8 Å². The van der Waals surface area contributed by atoms with Crippen molar-refractivity contribution in [3.63, 3.8) is 0 Å². The van der Waals surface area contributed by atoms with Crippen LogP contribution in [0.2, 0.25) is 0 Å². The Morgan fingerprint density at radius 2 is 1.54 bits per heavy atom. The molecule has 0 saturated carbocycles. The molecule has 1 unspecified atom stereocenters. The highest BCUT2D eigenvalue weighted by molar-refractivity contribution is 5.87. The van der Waals surface area contributed by atoms with Gasteiger partial charge in [0.1, 0.15) is 6.04 Å². The maximum Gasteiger partial charge on any atom is 0.270 e. The molecule has 1 atom stereocenters. The molecule has 2 aromatic carbocycles. The van der Waals surface area contributed by atoms with Gasteiger partial charge in [-0.2, -0.15) is 0 Å². The standard InChI is InChI=1S/C16H13F3N2O3/c1-8(22)20-15(16(23)21-24)10-4-2-9(3-5-10)11-6-12(17)14(19)13(18)7-11/h2-7,15,24H,1H3,(H,20,22)(H,21,23). The first-order valence-corrected chi connectivity index (χ1v) is 6.79. The molecule has 126 valence electrons. The number of halogens is 3. The number of nitrogens with one attached hydrogen (secondary N) is 2. The van der Waals surface area contributed by atoms with Gasteiger partial charge in [-0.1, -0.05) is 24.3 Å². The van der Waals surface area contributed by atoms with Gasteiger partial charge in [-0.05, 0) is 28.8 Å². The zero-order valence-corrected chi connectivity index (χ0v) is 12.4. The summed E-state index contributed by atoms with van der Waals surface area (Å²) < 4.78 is 39.6. The summed E-state index contributed by atoms with van der Waals surface area (Å²) in [7, 11) is 0. The van der Waals surface area contributed by atoms with Gasteiger partial charge in [-0.25, -0.2) is 18.7 Å². The van der Waals surface area contributed by atoms with E-state index in [4.69, 9.17) is 5.21 Å². The lowest BCUT2D eigenvalue weighted by Crippen LogP contribution is -2.38. The maximum absolute atomic E-state index is 13.3. The van der Waals surface area contributed by atoms with Crippen molar-refractivity contribution >= 4 is 11.8 Å². The summed E-state index contributed by atoms with van der Waals surface area (Å²) in [6.45, 7) is 1.20. The Bertz CT molecular complexity index is 756. The fourth-order valence-corrected chi connectivity index (χ4v) is 2.16. The molecule has 0 aromatic heterocycles. The van der Waals surface area contributed by atoms with Crippen LogP contribution in [0.3, 0.4) is 0 Å². The summed E-state index contributed by atoms with van der Waals surface area (Å²) in [5.41, 5.74) is 2.27. The topological polar surface area (TPSA) is 78.4 Å². The normalized spacial score (nSPS) is 11.7. The highest BCUT2D eigenvalue weighted by atomic mass is 19.2. The second kappa shape index (κ2) is 7.14. The van der Waals surface area contributed by atoms with Crippen LogP contribution >= 0.6 is 0 Å². The predicted octanol–water partition coefficient (Wildman–Crippen LogP) is 2.45. The molecule has 0 aliphatic carbocycles. The van der Waals surface area contributed by atoms with Crippen molar-refractivity contribution in [1.82, 2.24) is 10.8 Å². The van der Waals surface area contributed by atoms with Crippen LogP contribution in [-0.4, -0.2) is 17.0 Å². The Morgan fingerprint density at radius 1 is 1.00 bits per heavy atom. The third-order valence-electron chi connectivity index (χ3n) is 3.28. The minimum absolute atomic E-state index is 0.112. The minimum atomic E-state index is -1.55. The summed E-state index contributed by atoms with van der Waals surface area (Å²) >= 11 is 0. The van der Waals surface area contributed by atoms with Crippen LogP contribution in [0.25, 0.3) is 11.1 Å². The second-order valence-corrected chi connectivity index (χ2v) is 4.99. The zero-order valence-electron chi connectivity index (χ0n) is 12.4. The SMILES string of the molecule is CC(=O)NC(C(=O)NO)c1ccc(-c2cc(F)c(F)c(F)c2)cc1. The Kier molecular flexibility index (Phi) is 5.20. The lowest BCUT2D eigenvalue weighted by Gasteiger charge is -2.16. The summed E-state index contributed by atoms with van der Waals surface area (Å²) in [5.74, 6) is -5.53. The molecule has 0 bridgehead atoms. The predicted molar refractivity (Wildman–Crippen MR) is 78.2 cm³/mol. The van der Waals surface area contributed by atoms with E-state index in [9.17, 15) is 22.8 Å². The van der Waals surface area contributed by atoms with Crippen LogP contribution < -0.4 is 10.8 Å². The monoisotopic (exact) mass is 338 g/mol. The smallest absolute Gasteiger partial charge is 0.270 e. The average Bonchev–Trinajstić information content (AvgIpc) is 2.56. The van der Waals surface area contributed by atoms with E-state index < -0.39 is 35.3 Å². The number of amides is 2. The third-order valence-corrected chi connectivity index (χ3v) is 3.28. The number of hydrogen-bond acceptors (Lipinski definition) is 3. The Balaban J connectivity index is 2.35. The number of carbonyl (C=O) groups is 2. The van der Waals surface area contributed by atoms with Crippen LogP contribution in [0, 0.1) is 17.5 Å². The fraction of sp³-hybridized carbons (Fsp3) is 0.125. The van der Waals surface area contributed by atoms with Gasteiger partial charge in [0.25, 0.3) is 5.91 Å². The number of hydroxylamine groups is 1. The van der Waals surface area contributed by atoms with E-state index in [1.54, 1.807) is 0 Å². The lowest BCUT2D eigenvalue weighted by atomic mass is 10.00. The van der Waals surface area contributed by atoms with Crippen molar-refractivity contribution in [1.29, 1.82) is 0 Å². The largest absolute Gasteiger partial charge is 0.341 e. The fourth-order valence-electron chi connectivity index (χ4n) is 2.16. The van der Waals surface area contributed by atoms with Gasteiger partial charge < -0.3 is 5.32 Å². The zero-order chi connectivity index (χ0) is 17.9. The molecule has 5 nitrogen and oxygen atoms in total. The first kappa shape index (κ1) is 17.5. The molecule has 0 aliphatic heterocycles. The van der Waals surface area contributed by atoms with Crippen LogP contribution in [0.1, 0.15) is 18.5 Å². The Hall–Kier alpha value is -2.87. The number of carbonyl (C=O) groups excluding carboxylic acids is 2. The molecule has 0 spiro atoms. The van der Waals surface area contributed by atoms with Gasteiger partial charge in [0.05, 0.1) is 0 Å². The average molecular weight is 338 g/mol. The number of rotatable bonds is 4. The third kappa shape index (κ3) is 3.72. The lowest BCUT2D eigenvalue weighted by molar-refractivity contribution is -0.134. The summed E-state index contributed by atoms with van der Waals surface area (Å²) in [6, 6.07) is 6.32. The van der Waals surface area contributed by atoms with E-state index in [2.05, 4.69) is 5.32 Å². The van der Waals surface area contributed by atoms with E-state index in [0.717, 1.165) is 12.1 Å². The van der Waals surface area contributed by atoms with Crippen LogP contribution in [0.5, 0.6) is 0 Å². The molecular formula is C16H13F3N2O3. The highest BCUT2D eigenvalue weighted by Crippen LogP contribution is 2.25. The molecule has 0 fully saturated rings. The van der Waals surface area contributed by atoms with E-state index in [0.29, 0.717) is 11.1 Å². The highest BCUT2D eigenvalue weighted by Gasteiger charge is 2.21. The molecule has 0 saturated heterocycles.